The zero-order valence-electron chi connectivity index (χ0n) is 14.5. The van der Waals surface area contributed by atoms with Crippen molar-refractivity contribution in [2.45, 2.75) is 13.0 Å². The van der Waals surface area contributed by atoms with Gasteiger partial charge in [0.25, 0.3) is 0 Å². The molecule has 9 nitrogen and oxygen atoms in total. The number of hydrogen-bond acceptors (Lipinski definition) is 8. The summed E-state index contributed by atoms with van der Waals surface area (Å²) in [6.07, 6.45) is 0. The van der Waals surface area contributed by atoms with Gasteiger partial charge in [0, 0.05) is 12.8 Å². The lowest BCUT2D eigenvalue weighted by molar-refractivity contribution is -0.140. The molecule has 0 spiro atoms. The summed E-state index contributed by atoms with van der Waals surface area (Å²) in [6, 6.07) is 5.02. The summed E-state index contributed by atoms with van der Waals surface area (Å²) in [7, 11) is 3.14. The molecule has 0 amide bonds. The highest BCUT2D eigenvalue weighted by atomic mass is 79.9. The molecule has 0 unspecified atom stereocenters. The number of esters is 1. The summed E-state index contributed by atoms with van der Waals surface area (Å²) in [6.45, 7) is 2.27. The first-order chi connectivity index (χ1) is 12.6. The first kappa shape index (κ1) is 18.3. The van der Waals surface area contributed by atoms with Gasteiger partial charge < -0.3 is 19.5 Å². The quantitative estimate of drug-likeness (QED) is 0.555. The molecule has 0 saturated heterocycles. The fourth-order valence-electron chi connectivity index (χ4n) is 2.73. The molecule has 1 atom stereocenters. The Morgan fingerprint density at radius 1 is 1.35 bits per heavy atom. The van der Waals surface area contributed by atoms with Crippen molar-refractivity contribution in [3.8, 4) is 5.75 Å². The lowest BCUT2D eigenvalue weighted by Gasteiger charge is -2.27. The molecule has 1 aromatic carbocycles. The Kier molecular flexibility index (Phi) is 5.52. The van der Waals surface area contributed by atoms with Crippen molar-refractivity contribution in [3.05, 3.63) is 39.5 Å². The molecule has 10 heteroatoms. The third-order valence-electron chi connectivity index (χ3n) is 3.95. The van der Waals surface area contributed by atoms with Crippen molar-refractivity contribution in [3.63, 3.8) is 0 Å². The number of nitrogens with zero attached hydrogens (tertiary/aromatic N) is 4. The summed E-state index contributed by atoms with van der Waals surface area (Å²) < 4.78 is 17.9. The summed E-state index contributed by atoms with van der Waals surface area (Å²) >= 11 is 3.48. The topological polar surface area (TPSA) is 100 Å². The molecule has 0 radical (unpaired) electrons. The maximum atomic E-state index is 12.7. The van der Waals surface area contributed by atoms with Gasteiger partial charge in [-0.15, -0.1) is 0 Å². The van der Waals surface area contributed by atoms with E-state index < -0.39 is 12.0 Å². The van der Waals surface area contributed by atoms with Crippen LogP contribution in [-0.2, 0) is 14.3 Å². The molecule has 3 rings (SSSR count). The first-order valence-electron chi connectivity index (χ1n) is 7.82. The minimum atomic E-state index is -0.529. The average molecular weight is 424 g/mol. The van der Waals surface area contributed by atoms with E-state index in [1.165, 1.54) is 0 Å². The van der Waals surface area contributed by atoms with E-state index in [2.05, 4.69) is 36.8 Å². The molecule has 0 aliphatic carbocycles. The van der Waals surface area contributed by atoms with Crippen LogP contribution in [0.2, 0.25) is 0 Å². The van der Waals surface area contributed by atoms with E-state index in [4.69, 9.17) is 14.2 Å². The first-order valence-corrected chi connectivity index (χ1v) is 8.61. The Labute approximate surface area is 158 Å². The smallest absolute Gasteiger partial charge is 0.338 e. The highest BCUT2D eigenvalue weighted by Gasteiger charge is 2.35. The second-order valence-electron chi connectivity index (χ2n) is 5.54. The monoisotopic (exact) mass is 423 g/mol. The maximum absolute atomic E-state index is 12.7. The van der Waals surface area contributed by atoms with E-state index in [1.54, 1.807) is 25.8 Å². The largest absolute Gasteiger partial charge is 0.496 e. The fourth-order valence-corrected chi connectivity index (χ4v) is 3.29. The molecule has 138 valence electrons. The minimum absolute atomic E-state index is 0.160. The van der Waals surface area contributed by atoms with Crippen LogP contribution in [0.3, 0.4) is 0 Å². The number of fused-ring (bicyclic) bond motifs is 1. The number of ether oxygens (including phenoxy) is 3. The highest BCUT2D eigenvalue weighted by molar-refractivity contribution is 9.10. The molecule has 1 aliphatic heterocycles. The van der Waals surface area contributed by atoms with E-state index >= 15 is 0 Å². The predicted molar refractivity (Wildman–Crippen MR) is 95.8 cm³/mol. The fraction of sp³-hybridized carbons (Fsp3) is 0.375. The van der Waals surface area contributed by atoms with Gasteiger partial charge in [0.2, 0.25) is 5.95 Å². The van der Waals surface area contributed by atoms with Crippen molar-refractivity contribution in [2.75, 3.05) is 32.8 Å². The molecule has 0 bridgehead atoms. The predicted octanol–water partition coefficient (Wildman–Crippen LogP) is 1.92. The molecule has 1 aliphatic rings. The number of tetrazole rings is 1. The van der Waals surface area contributed by atoms with Crippen LogP contribution in [0.15, 0.2) is 33.9 Å². The number of hydrogen-bond donors (Lipinski definition) is 1. The molecule has 1 N–H and O–H groups in total. The molecule has 26 heavy (non-hydrogen) atoms. The minimum Gasteiger partial charge on any atom is -0.496 e. The molecule has 2 heterocycles. The number of methoxy groups -OCH3 is 2. The molecule has 2 aromatic rings. The van der Waals surface area contributed by atoms with Crippen LogP contribution in [0.5, 0.6) is 5.75 Å². The van der Waals surface area contributed by atoms with E-state index in [-0.39, 0.29) is 6.61 Å². The van der Waals surface area contributed by atoms with Crippen LogP contribution in [0, 0.1) is 0 Å². The van der Waals surface area contributed by atoms with E-state index in [0.717, 1.165) is 10.0 Å². The van der Waals surface area contributed by atoms with Crippen molar-refractivity contribution in [2.24, 2.45) is 0 Å². The Bertz CT molecular complexity index is 851. The van der Waals surface area contributed by atoms with Gasteiger partial charge in [0.15, 0.2) is 0 Å². The van der Waals surface area contributed by atoms with Gasteiger partial charge in [-0.05, 0) is 51.0 Å². The number of benzene rings is 1. The van der Waals surface area contributed by atoms with Crippen molar-refractivity contribution < 1.29 is 19.0 Å². The lowest BCUT2D eigenvalue weighted by Crippen LogP contribution is -2.30. The van der Waals surface area contributed by atoms with Gasteiger partial charge in [0.05, 0.1) is 23.8 Å². The third-order valence-corrected chi connectivity index (χ3v) is 4.57. The Balaban J connectivity index is 2.03. The van der Waals surface area contributed by atoms with E-state index in [9.17, 15) is 4.79 Å². The van der Waals surface area contributed by atoms with Crippen LogP contribution in [0.4, 0.5) is 5.95 Å². The van der Waals surface area contributed by atoms with Gasteiger partial charge in [-0.3, -0.25) is 0 Å². The molecule has 0 fully saturated rings. The van der Waals surface area contributed by atoms with Gasteiger partial charge in [-0.1, -0.05) is 11.2 Å². The average Bonchev–Trinajstić information content (AvgIpc) is 3.08. The van der Waals surface area contributed by atoms with Crippen LogP contribution in [0.1, 0.15) is 18.5 Å². The summed E-state index contributed by atoms with van der Waals surface area (Å²) in [5, 5.41) is 14.7. The normalized spacial score (nSPS) is 16.1. The number of allylic oxidation sites excluding steroid dienone is 1. The van der Waals surface area contributed by atoms with Gasteiger partial charge >= 0.3 is 5.97 Å². The summed E-state index contributed by atoms with van der Waals surface area (Å²) in [5.41, 5.74) is 1.87. The van der Waals surface area contributed by atoms with Gasteiger partial charge in [-0.25, -0.2) is 4.79 Å². The maximum Gasteiger partial charge on any atom is 0.338 e. The third kappa shape index (κ3) is 3.42. The van der Waals surface area contributed by atoms with Crippen molar-refractivity contribution in [1.29, 1.82) is 0 Å². The standard InChI is InChI=1S/C16H18BrN5O4/c1-9-13(15(23)26-7-6-24-2)14(22-16(18-9)19-20-21-22)10-4-5-12(25-3)11(17)8-10/h4-5,8,14H,6-7H2,1-3H3,(H,18,19,21)/t14-/m0/s1. The second-order valence-corrected chi connectivity index (χ2v) is 6.39. The van der Waals surface area contributed by atoms with Crippen LogP contribution in [0.25, 0.3) is 0 Å². The van der Waals surface area contributed by atoms with E-state index in [1.807, 2.05) is 18.2 Å². The van der Waals surface area contributed by atoms with E-state index in [0.29, 0.717) is 29.6 Å². The number of nitrogens with one attached hydrogen (secondary N) is 1. The summed E-state index contributed by atoms with van der Waals surface area (Å²) in [4.78, 5) is 12.7. The number of carbonyl (C=O) groups is 1. The number of halogens is 1. The molecular weight excluding hydrogens is 406 g/mol. The number of aromatic nitrogens is 4. The van der Waals surface area contributed by atoms with Crippen LogP contribution in [-0.4, -0.2) is 53.6 Å². The lowest BCUT2D eigenvalue weighted by atomic mass is 9.96. The van der Waals surface area contributed by atoms with Gasteiger partial charge in [0.1, 0.15) is 18.4 Å². The number of carbonyl (C=O) groups excluding carboxylic acids is 1. The zero-order chi connectivity index (χ0) is 18.7. The SMILES string of the molecule is COCCOC(=O)C1=C(C)Nc2nnnn2[C@H]1c1ccc(OC)c(Br)c1. The Morgan fingerprint density at radius 2 is 2.15 bits per heavy atom. The molecule has 0 saturated carbocycles. The van der Waals surface area contributed by atoms with Crippen molar-refractivity contribution >= 4 is 27.8 Å². The van der Waals surface area contributed by atoms with Crippen LogP contribution < -0.4 is 10.1 Å². The van der Waals surface area contributed by atoms with Crippen LogP contribution >= 0.6 is 15.9 Å². The summed E-state index contributed by atoms with van der Waals surface area (Å²) in [5.74, 6) is 0.683. The molecular formula is C16H18BrN5O4. The molecule has 1 aromatic heterocycles. The van der Waals surface area contributed by atoms with Crippen molar-refractivity contribution in [1.82, 2.24) is 20.2 Å². The number of anilines is 1. The Hall–Kier alpha value is -2.46. The zero-order valence-corrected chi connectivity index (χ0v) is 16.1. The highest BCUT2D eigenvalue weighted by Crippen LogP contribution is 2.37. The number of rotatable bonds is 6. The van der Waals surface area contributed by atoms with Gasteiger partial charge in [-0.2, -0.15) is 4.68 Å². The Morgan fingerprint density at radius 3 is 2.85 bits per heavy atom. The second kappa shape index (κ2) is 7.83.